The van der Waals surface area contributed by atoms with Crippen molar-refractivity contribution in [3.8, 4) is 44.9 Å². The van der Waals surface area contributed by atoms with Gasteiger partial charge in [-0.1, -0.05) is 121 Å². The van der Waals surface area contributed by atoms with E-state index in [1.165, 1.54) is 0 Å². The summed E-state index contributed by atoms with van der Waals surface area (Å²) in [5.74, 6) is 0.313. The summed E-state index contributed by atoms with van der Waals surface area (Å²) in [7, 11) is 0. The Hall–Kier alpha value is -4.56. The zero-order chi connectivity index (χ0) is 23.1. The molecule has 0 bridgehead atoms. The van der Waals surface area contributed by atoms with Crippen LogP contribution in [0.4, 0.5) is 0 Å². The number of phenolic OH excluding ortho intramolecular Hbond substituents is 2. The van der Waals surface area contributed by atoms with Crippen LogP contribution >= 0.6 is 0 Å². The van der Waals surface area contributed by atoms with Crippen molar-refractivity contribution < 1.29 is 10.2 Å². The van der Waals surface area contributed by atoms with Crippen molar-refractivity contribution >= 4 is 21.5 Å². The van der Waals surface area contributed by atoms with Gasteiger partial charge in [-0.2, -0.15) is 0 Å². The van der Waals surface area contributed by atoms with E-state index in [1.807, 2.05) is 84.9 Å². The highest BCUT2D eigenvalue weighted by Crippen LogP contribution is 2.46. The van der Waals surface area contributed by atoms with Gasteiger partial charge >= 0.3 is 0 Å². The lowest BCUT2D eigenvalue weighted by molar-refractivity contribution is 0.471. The third-order valence-corrected chi connectivity index (χ3v) is 6.52. The molecule has 0 heterocycles. The van der Waals surface area contributed by atoms with Gasteiger partial charge in [-0.05, 0) is 32.7 Å². The van der Waals surface area contributed by atoms with E-state index in [0.29, 0.717) is 11.1 Å². The standard InChI is InChI=1S/C32H22O2/c33-31-27(25-15-5-11-21-9-1-3-13-23(21)25)17-7-19-29(31)30-20-8-18-28(32(30)34)26-16-6-12-22-10-2-4-14-24(22)26/h1-20,33-34H. The van der Waals surface area contributed by atoms with Gasteiger partial charge in [-0.3, -0.25) is 0 Å². The maximum atomic E-state index is 11.4. The van der Waals surface area contributed by atoms with E-state index in [-0.39, 0.29) is 11.5 Å². The molecule has 6 aromatic rings. The molecule has 0 fully saturated rings. The monoisotopic (exact) mass is 438 g/mol. The second kappa shape index (κ2) is 8.09. The molecule has 0 saturated carbocycles. The maximum absolute atomic E-state index is 11.4. The van der Waals surface area contributed by atoms with Gasteiger partial charge in [0.25, 0.3) is 0 Å². The molecule has 0 aromatic heterocycles. The van der Waals surface area contributed by atoms with E-state index in [0.717, 1.165) is 43.8 Å². The zero-order valence-electron chi connectivity index (χ0n) is 18.4. The number of benzene rings is 6. The number of hydrogen-bond acceptors (Lipinski definition) is 2. The van der Waals surface area contributed by atoms with Crippen LogP contribution in [0.25, 0.3) is 54.9 Å². The van der Waals surface area contributed by atoms with E-state index < -0.39 is 0 Å². The molecule has 6 rings (SSSR count). The summed E-state index contributed by atoms with van der Waals surface area (Å²) in [6.07, 6.45) is 0. The minimum atomic E-state index is 0.157. The molecule has 0 aliphatic rings. The van der Waals surface area contributed by atoms with Crippen LogP contribution in [0.1, 0.15) is 0 Å². The second-order valence-corrected chi connectivity index (χ2v) is 8.46. The minimum absolute atomic E-state index is 0.157. The number of fused-ring (bicyclic) bond motifs is 2. The highest BCUT2D eigenvalue weighted by atomic mass is 16.3. The van der Waals surface area contributed by atoms with Crippen molar-refractivity contribution in [3.63, 3.8) is 0 Å². The Labute approximate surface area is 198 Å². The second-order valence-electron chi connectivity index (χ2n) is 8.46. The number of phenols is 2. The predicted molar refractivity (Wildman–Crippen MR) is 141 cm³/mol. The summed E-state index contributed by atoms with van der Waals surface area (Å²) in [6.45, 7) is 0. The third kappa shape index (κ3) is 3.20. The molecule has 162 valence electrons. The Morgan fingerprint density at radius 2 is 0.588 bits per heavy atom. The molecule has 34 heavy (non-hydrogen) atoms. The first-order valence-electron chi connectivity index (χ1n) is 11.3. The van der Waals surface area contributed by atoms with E-state index in [4.69, 9.17) is 0 Å². The minimum Gasteiger partial charge on any atom is -0.507 e. The highest BCUT2D eigenvalue weighted by Gasteiger charge is 2.18. The van der Waals surface area contributed by atoms with Crippen molar-refractivity contribution in [1.29, 1.82) is 0 Å². The summed E-state index contributed by atoms with van der Waals surface area (Å²) >= 11 is 0. The molecule has 2 N–H and O–H groups in total. The number of aromatic hydroxyl groups is 2. The van der Waals surface area contributed by atoms with Crippen LogP contribution < -0.4 is 0 Å². The Kier molecular flexibility index (Phi) is 4.78. The Bertz CT molecular complexity index is 1540. The van der Waals surface area contributed by atoms with Gasteiger partial charge in [0.15, 0.2) is 0 Å². The Morgan fingerprint density at radius 3 is 1.03 bits per heavy atom. The lowest BCUT2D eigenvalue weighted by Crippen LogP contribution is -1.88. The van der Waals surface area contributed by atoms with Crippen LogP contribution in [0, 0.1) is 0 Å². The summed E-state index contributed by atoms with van der Waals surface area (Å²) < 4.78 is 0. The summed E-state index contributed by atoms with van der Waals surface area (Å²) in [5, 5.41) is 27.2. The number of para-hydroxylation sites is 2. The smallest absolute Gasteiger partial charge is 0.131 e. The topological polar surface area (TPSA) is 40.5 Å². The summed E-state index contributed by atoms with van der Waals surface area (Å²) in [4.78, 5) is 0. The summed E-state index contributed by atoms with van der Waals surface area (Å²) in [5.41, 5.74) is 4.60. The molecule has 0 atom stereocenters. The Balaban J connectivity index is 1.55. The van der Waals surface area contributed by atoms with Crippen molar-refractivity contribution in [1.82, 2.24) is 0 Å². The Morgan fingerprint density at radius 1 is 0.294 bits per heavy atom. The fraction of sp³-hybridized carbons (Fsp3) is 0. The molecule has 0 amide bonds. The number of rotatable bonds is 3. The van der Waals surface area contributed by atoms with Crippen LogP contribution in [0.15, 0.2) is 121 Å². The molecular formula is C32H22O2. The van der Waals surface area contributed by atoms with Crippen LogP contribution in [0.5, 0.6) is 11.5 Å². The van der Waals surface area contributed by atoms with Gasteiger partial charge in [0.2, 0.25) is 0 Å². The molecule has 0 spiro atoms. The molecule has 2 nitrogen and oxygen atoms in total. The van der Waals surface area contributed by atoms with E-state index >= 15 is 0 Å². The molecule has 0 saturated heterocycles. The SMILES string of the molecule is Oc1c(-c2cccc(-c3cccc4ccccc34)c2O)cccc1-c1cccc2ccccc12. The molecule has 0 aliphatic carbocycles. The third-order valence-electron chi connectivity index (χ3n) is 6.52. The van der Waals surface area contributed by atoms with Crippen molar-refractivity contribution in [2.24, 2.45) is 0 Å². The molecule has 2 heteroatoms. The molecule has 0 aliphatic heterocycles. The predicted octanol–water partition coefficient (Wildman–Crippen LogP) is 8.41. The molecule has 0 unspecified atom stereocenters. The first-order chi connectivity index (χ1) is 16.7. The van der Waals surface area contributed by atoms with Gasteiger partial charge in [0.05, 0.1) is 0 Å². The largest absolute Gasteiger partial charge is 0.507 e. The van der Waals surface area contributed by atoms with Crippen LogP contribution in [-0.2, 0) is 0 Å². The van der Waals surface area contributed by atoms with E-state index in [1.54, 1.807) is 0 Å². The average molecular weight is 439 g/mol. The van der Waals surface area contributed by atoms with Gasteiger partial charge in [0, 0.05) is 22.3 Å². The quantitative estimate of drug-likeness (QED) is 0.291. The lowest BCUT2D eigenvalue weighted by atomic mass is 9.91. The van der Waals surface area contributed by atoms with Crippen molar-refractivity contribution in [3.05, 3.63) is 121 Å². The molecule has 0 radical (unpaired) electrons. The normalized spacial score (nSPS) is 11.2. The van der Waals surface area contributed by atoms with Crippen LogP contribution in [0.2, 0.25) is 0 Å². The van der Waals surface area contributed by atoms with Crippen molar-refractivity contribution in [2.45, 2.75) is 0 Å². The van der Waals surface area contributed by atoms with Crippen LogP contribution in [0.3, 0.4) is 0 Å². The first-order valence-corrected chi connectivity index (χ1v) is 11.3. The fourth-order valence-electron chi connectivity index (χ4n) is 4.88. The van der Waals surface area contributed by atoms with Gasteiger partial charge < -0.3 is 10.2 Å². The number of hydrogen-bond donors (Lipinski definition) is 2. The van der Waals surface area contributed by atoms with Gasteiger partial charge in [-0.25, -0.2) is 0 Å². The zero-order valence-corrected chi connectivity index (χ0v) is 18.4. The average Bonchev–Trinajstić information content (AvgIpc) is 2.89. The molecular weight excluding hydrogens is 416 g/mol. The fourth-order valence-corrected chi connectivity index (χ4v) is 4.88. The molecule has 6 aromatic carbocycles. The lowest BCUT2D eigenvalue weighted by Gasteiger charge is -2.16. The van der Waals surface area contributed by atoms with Crippen LogP contribution in [-0.4, -0.2) is 10.2 Å². The summed E-state index contributed by atoms with van der Waals surface area (Å²) in [6, 6.07) is 39.9. The highest BCUT2D eigenvalue weighted by molar-refractivity contribution is 6.02. The van der Waals surface area contributed by atoms with Crippen molar-refractivity contribution in [2.75, 3.05) is 0 Å². The van der Waals surface area contributed by atoms with Gasteiger partial charge in [-0.15, -0.1) is 0 Å². The van der Waals surface area contributed by atoms with Gasteiger partial charge in [0.1, 0.15) is 11.5 Å². The maximum Gasteiger partial charge on any atom is 0.131 e. The van der Waals surface area contributed by atoms with E-state index in [9.17, 15) is 10.2 Å². The first kappa shape index (κ1) is 20.1. The van der Waals surface area contributed by atoms with E-state index in [2.05, 4.69) is 36.4 Å².